The highest BCUT2D eigenvalue weighted by atomic mass is 16.6. The Morgan fingerprint density at radius 1 is 0.882 bits per heavy atom. The lowest BCUT2D eigenvalue weighted by Gasteiger charge is -2.07. The molecule has 0 aliphatic rings. The molecule has 1 N–H and O–H groups in total. The van der Waals surface area contributed by atoms with Crippen molar-refractivity contribution in [2.24, 2.45) is 0 Å². The zero-order valence-corrected chi connectivity index (χ0v) is 9.72. The number of hydrogen-bond donors (Lipinski definition) is 1. The van der Waals surface area contributed by atoms with Crippen LogP contribution in [-0.2, 0) is 4.84 Å². The third kappa shape index (κ3) is 3.50. The van der Waals surface area contributed by atoms with Crippen molar-refractivity contribution in [2.45, 2.75) is 6.92 Å². The van der Waals surface area contributed by atoms with Gasteiger partial charge < -0.3 is 4.74 Å². The van der Waals surface area contributed by atoms with Crippen LogP contribution < -0.4 is 10.2 Å². The lowest BCUT2D eigenvalue weighted by atomic mass is 10.3. The third-order valence-electron chi connectivity index (χ3n) is 2.17. The highest BCUT2D eigenvalue weighted by molar-refractivity contribution is 5.45. The fraction of sp³-hybridized carbons (Fsp3) is 0.143. The minimum Gasteiger partial charge on any atom is -0.457 e. The smallest absolute Gasteiger partial charge is 0.127 e. The van der Waals surface area contributed by atoms with Crippen molar-refractivity contribution in [3.8, 4) is 11.5 Å². The van der Waals surface area contributed by atoms with E-state index in [1.165, 1.54) is 0 Å². The fourth-order valence-corrected chi connectivity index (χ4v) is 1.37. The van der Waals surface area contributed by atoms with E-state index in [1.54, 1.807) is 0 Å². The lowest BCUT2D eigenvalue weighted by molar-refractivity contribution is 0.210. The SMILES string of the molecule is CCONc1ccc(Oc2ccccc2)cc1. The van der Waals surface area contributed by atoms with Crippen molar-refractivity contribution in [3.63, 3.8) is 0 Å². The summed E-state index contributed by atoms with van der Waals surface area (Å²) < 4.78 is 5.67. The molecule has 0 aliphatic heterocycles. The van der Waals surface area contributed by atoms with Crippen LogP contribution in [0, 0.1) is 0 Å². The second-order valence-corrected chi connectivity index (χ2v) is 3.47. The van der Waals surface area contributed by atoms with E-state index < -0.39 is 0 Å². The topological polar surface area (TPSA) is 30.5 Å². The van der Waals surface area contributed by atoms with Gasteiger partial charge in [-0.1, -0.05) is 18.2 Å². The number of anilines is 1. The van der Waals surface area contributed by atoms with Crippen molar-refractivity contribution in [1.82, 2.24) is 0 Å². The summed E-state index contributed by atoms with van der Waals surface area (Å²) in [5.41, 5.74) is 3.74. The minimum atomic E-state index is 0.627. The number of rotatable bonds is 5. The Kier molecular flexibility index (Phi) is 4.00. The van der Waals surface area contributed by atoms with E-state index in [4.69, 9.17) is 9.57 Å². The predicted molar refractivity (Wildman–Crippen MR) is 68.2 cm³/mol. The molecule has 0 saturated heterocycles. The molecule has 0 unspecified atom stereocenters. The van der Waals surface area contributed by atoms with Crippen LogP contribution in [0.2, 0.25) is 0 Å². The molecule has 0 heterocycles. The maximum atomic E-state index is 5.67. The molecular formula is C14H15NO2. The lowest BCUT2D eigenvalue weighted by Crippen LogP contribution is -1.99. The maximum absolute atomic E-state index is 5.67. The summed E-state index contributed by atoms with van der Waals surface area (Å²) in [6.07, 6.45) is 0. The molecule has 0 amide bonds. The van der Waals surface area contributed by atoms with Crippen molar-refractivity contribution in [1.29, 1.82) is 0 Å². The molecule has 3 heteroatoms. The van der Waals surface area contributed by atoms with Gasteiger partial charge in [0.05, 0.1) is 12.3 Å². The first kappa shape index (κ1) is 11.5. The van der Waals surface area contributed by atoms with Gasteiger partial charge in [0, 0.05) is 0 Å². The number of ether oxygens (including phenoxy) is 1. The van der Waals surface area contributed by atoms with Crippen LogP contribution >= 0.6 is 0 Å². The first-order valence-corrected chi connectivity index (χ1v) is 5.59. The van der Waals surface area contributed by atoms with E-state index >= 15 is 0 Å². The second kappa shape index (κ2) is 5.92. The Morgan fingerprint density at radius 2 is 1.53 bits per heavy atom. The van der Waals surface area contributed by atoms with Crippen LogP contribution in [0.3, 0.4) is 0 Å². The van der Waals surface area contributed by atoms with Crippen LogP contribution in [-0.4, -0.2) is 6.61 Å². The predicted octanol–water partition coefficient (Wildman–Crippen LogP) is 3.84. The molecule has 2 aromatic carbocycles. The highest BCUT2D eigenvalue weighted by Crippen LogP contribution is 2.22. The van der Waals surface area contributed by atoms with E-state index in [0.29, 0.717) is 6.61 Å². The van der Waals surface area contributed by atoms with Gasteiger partial charge in [0.1, 0.15) is 11.5 Å². The summed E-state index contributed by atoms with van der Waals surface area (Å²) in [6.45, 7) is 2.56. The van der Waals surface area contributed by atoms with Gasteiger partial charge in [0.15, 0.2) is 0 Å². The molecule has 88 valence electrons. The Bertz CT molecular complexity index is 440. The fourth-order valence-electron chi connectivity index (χ4n) is 1.37. The first-order chi connectivity index (χ1) is 8.38. The Balaban J connectivity index is 1.98. The molecule has 17 heavy (non-hydrogen) atoms. The Labute approximate surface area is 101 Å². The molecule has 0 fully saturated rings. The van der Waals surface area contributed by atoms with Gasteiger partial charge in [0.2, 0.25) is 0 Å². The van der Waals surface area contributed by atoms with Crippen molar-refractivity contribution >= 4 is 5.69 Å². The van der Waals surface area contributed by atoms with Gasteiger partial charge in [-0.15, -0.1) is 0 Å². The number of hydrogen-bond acceptors (Lipinski definition) is 3. The monoisotopic (exact) mass is 229 g/mol. The van der Waals surface area contributed by atoms with Crippen LogP contribution in [0.15, 0.2) is 54.6 Å². The summed E-state index contributed by atoms with van der Waals surface area (Å²) in [5, 5.41) is 0. The van der Waals surface area contributed by atoms with Crippen molar-refractivity contribution < 1.29 is 9.57 Å². The molecule has 3 nitrogen and oxygen atoms in total. The number of nitrogens with one attached hydrogen (secondary N) is 1. The van der Waals surface area contributed by atoms with Gasteiger partial charge in [-0.05, 0) is 43.3 Å². The second-order valence-electron chi connectivity index (χ2n) is 3.47. The Morgan fingerprint density at radius 3 is 2.18 bits per heavy atom. The van der Waals surface area contributed by atoms with Crippen LogP contribution in [0.5, 0.6) is 11.5 Å². The third-order valence-corrected chi connectivity index (χ3v) is 2.17. The molecule has 0 bridgehead atoms. The van der Waals surface area contributed by atoms with E-state index in [0.717, 1.165) is 17.2 Å². The largest absolute Gasteiger partial charge is 0.457 e. The average molecular weight is 229 g/mol. The molecule has 0 saturated carbocycles. The van der Waals surface area contributed by atoms with E-state index in [1.807, 2.05) is 61.5 Å². The molecule has 2 rings (SSSR count). The zero-order chi connectivity index (χ0) is 11.9. The Hall–Kier alpha value is -2.00. The minimum absolute atomic E-state index is 0.627. The highest BCUT2D eigenvalue weighted by Gasteiger charge is 1.96. The van der Waals surface area contributed by atoms with Crippen LogP contribution in [0.1, 0.15) is 6.92 Å². The van der Waals surface area contributed by atoms with Gasteiger partial charge in [-0.2, -0.15) is 0 Å². The van der Waals surface area contributed by atoms with Crippen molar-refractivity contribution in [2.75, 3.05) is 12.1 Å². The maximum Gasteiger partial charge on any atom is 0.127 e. The molecule has 0 aromatic heterocycles. The zero-order valence-electron chi connectivity index (χ0n) is 9.72. The van der Waals surface area contributed by atoms with E-state index in [9.17, 15) is 0 Å². The van der Waals surface area contributed by atoms with E-state index in [-0.39, 0.29) is 0 Å². The number of benzene rings is 2. The quantitative estimate of drug-likeness (QED) is 0.790. The molecular weight excluding hydrogens is 214 g/mol. The van der Waals surface area contributed by atoms with Crippen LogP contribution in [0.4, 0.5) is 5.69 Å². The van der Waals surface area contributed by atoms with Crippen molar-refractivity contribution in [3.05, 3.63) is 54.6 Å². The van der Waals surface area contributed by atoms with Gasteiger partial charge in [-0.3, -0.25) is 10.3 Å². The molecule has 0 atom stereocenters. The summed E-state index contributed by atoms with van der Waals surface area (Å²) in [4.78, 5) is 5.09. The molecule has 2 aromatic rings. The van der Waals surface area contributed by atoms with E-state index in [2.05, 4.69) is 5.48 Å². The van der Waals surface area contributed by atoms with Gasteiger partial charge in [0.25, 0.3) is 0 Å². The molecule has 0 radical (unpaired) electrons. The van der Waals surface area contributed by atoms with Crippen LogP contribution in [0.25, 0.3) is 0 Å². The summed E-state index contributed by atoms with van der Waals surface area (Å²) in [5.74, 6) is 1.64. The average Bonchev–Trinajstić information content (AvgIpc) is 2.39. The molecule has 0 spiro atoms. The summed E-state index contributed by atoms with van der Waals surface area (Å²) in [7, 11) is 0. The summed E-state index contributed by atoms with van der Waals surface area (Å²) in [6, 6.07) is 17.3. The van der Waals surface area contributed by atoms with Gasteiger partial charge in [-0.25, -0.2) is 0 Å². The first-order valence-electron chi connectivity index (χ1n) is 5.59. The normalized spacial score (nSPS) is 9.94. The molecule has 0 aliphatic carbocycles. The van der Waals surface area contributed by atoms with Gasteiger partial charge >= 0.3 is 0 Å². The standard InChI is InChI=1S/C14H15NO2/c1-2-16-15-12-8-10-14(11-9-12)17-13-6-4-3-5-7-13/h3-11,15H,2H2,1H3. The number of para-hydroxylation sites is 1. The summed E-state index contributed by atoms with van der Waals surface area (Å²) >= 11 is 0.